The van der Waals surface area contributed by atoms with Gasteiger partial charge in [-0.05, 0) is 32.9 Å². The molecular weight excluding hydrogens is 188 g/mol. The Morgan fingerprint density at radius 2 is 1.87 bits per heavy atom. The van der Waals surface area contributed by atoms with Gasteiger partial charge in [-0.15, -0.1) is 0 Å². The highest BCUT2D eigenvalue weighted by Gasteiger charge is 2.23. The zero-order chi connectivity index (χ0) is 11.0. The van der Waals surface area contributed by atoms with Crippen molar-refractivity contribution in [2.75, 3.05) is 0 Å². The molecule has 0 aliphatic carbocycles. The van der Waals surface area contributed by atoms with Crippen LogP contribution < -0.4 is 4.57 Å². The number of imidazole rings is 1. The quantitative estimate of drug-likeness (QED) is 0.724. The maximum absolute atomic E-state index is 9.70. The van der Waals surface area contributed by atoms with Gasteiger partial charge in [0.05, 0.1) is 6.04 Å². The number of hydrogen-bond acceptors (Lipinski definition) is 1. The number of benzene rings is 1. The summed E-state index contributed by atoms with van der Waals surface area (Å²) in [5, 5.41) is 9.70. The minimum absolute atomic E-state index is 0.339. The van der Waals surface area contributed by atoms with E-state index in [1.165, 1.54) is 0 Å². The van der Waals surface area contributed by atoms with Crippen molar-refractivity contribution in [3.8, 4) is 0 Å². The Bertz CT molecular complexity index is 471. The number of hydrogen-bond donors (Lipinski definition) is 2. The lowest BCUT2D eigenvalue weighted by Gasteiger charge is -2.06. The lowest BCUT2D eigenvalue weighted by Crippen LogP contribution is -2.40. The molecule has 0 aliphatic rings. The zero-order valence-corrected chi connectivity index (χ0v) is 9.36. The summed E-state index contributed by atoms with van der Waals surface area (Å²) >= 11 is 0. The number of aromatic nitrogens is 2. The molecule has 0 radical (unpaired) electrons. The molecule has 1 heterocycles. The van der Waals surface area contributed by atoms with E-state index in [9.17, 15) is 5.11 Å². The van der Waals surface area contributed by atoms with Crippen molar-refractivity contribution in [2.24, 2.45) is 0 Å². The van der Waals surface area contributed by atoms with E-state index in [1.54, 1.807) is 6.92 Å². The first kappa shape index (κ1) is 10.2. The van der Waals surface area contributed by atoms with Gasteiger partial charge in [0, 0.05) is 0 Å². The van der Waals surface area contributed by atoms with E-state index in [0.717, 1.165) is 16.9 Å². The first-order chi connectivity index (χ1) is 7.11. The van der Waals surface area contributed by atoms with Crippen molar-refractivity contribution in [2.45, 2.75) is 32.9 Å². The van der Waals surface area contributed by atoms with Crippen molar-refractivity contribution in [3.63, 3.8) is 0 Å². The minimum atomic E-state index is -0.472. The molecule has 2 N–H and O–H groups in total. The van der Waals surface area contributed by atoms with Gasteiger partial charge in [-0.1, -0.05) is 12.1 Å². The molecule has 0 saturated heterocycles. The third-order valence-electron chi connectivity index (χ3n) is 2.60. The van der Waals surface area contributed by atoms with Crippen molar-refractivity contribution < 1.29 is 9.67 Å². The first-order valence-corrected chi connectivity index (χ1v) is 5.31. The summed E-state index contributed by atoms with van der Waals surface area (Å²) < 4.78 is 2.14. The summed E-state index contributed by atoms with van der Waals surface area (Å²) in [6.07, 6.45) is -0.472. The molecule has 0 amide bonds. The molecule has 3 heteroatoms. The highest BCUT2D eigenvalue weighted by molar-refractivity contribution is 5.71. The van der Waals surface area contributed by atoms with Crippen LogP contribution in [0.5, 0.6) is 0 Å². The Hall–Kier alpha value is -1.35. The van der Waals surface area contributed by atoms with Crippen LogP contribution in [0.2, 0.25) is 0 Å². The van der Waals surface area contributed by atoms with Gasteiger partial charge in [0.2, 0.25) is 0 Å². The monoisotopic (exact) mass is 205 g/mol. The fraction of sp³-hybridized carbons (Fsp3) is 0.417. The second-order valence-electron chi connectivity index (χ2n) is 4.17. The smallest absolute Gasteiger partial charge is 0.284 e. The third-order valence-corrected chi connectivity index (χ3v) is 2.60. The summed E-state index contributed by atoms with van der Waals surface area (Å²) in [4.78, 5) is 3.26. The fourth-order valence-electron chi connectivity index (χ4n) is 1.98. The van der Waals surface area contributed by atoms with Gasteiger partial charge < -0.3 is 5.11 Å². The maximum atomic E-state index is 9.70. The van der Waals surface area contributed by atoms with Crippen molar-refractivity contribution in [3.05, 3.63) is 30.1 Å². The highest BCUT2D eigenvalue weighted by atomic mass is 16.3. The number of aliphatic hydroxyl groups is 1. The fourth-order valence-corrected chi connectivity index (χ4v) is 1.98. The van der Waals surface area contributed by atoms with Crippen LogP contribution >= 0.6 is 0 Å². The summed E-state index contributed by atoms with van der Waals surface area (Å²) in [6.45, 7) is 6.02. The summed E-state index contributed by atoms with van der Waals surface area (Å²) in [5.74, 6) is 0.867. The van der Waals surface area contributed by atoms with Crippen LogP contribution in [0.4, 0.5) is 0 Å². The van der Waals surface area contributed by atoms with E-state index in [2.05, 4.69) is 29.5 Å². The predicted octanol–water partition coefficient (Wildman–Crippen LogP) is 2.09. The van der Waals surface area contributed by atoms with Crippen LogP contribution in [0.25, 0.3) is 11.0 Å². The van der Waals surface area contributed by atoms with Crippen LogP contribution in [0.1, 0.15) is 38.7 Å². The first-order valence-electron chi connectivity index (χ1n) is 5.31. The van der Waals surface area contributed by atoms with Gasteiger partial charge in [-0.3, -0.25) is 0 Å². The molecule has 0 bridgehead atoms. The average molecular weight is 205 g/mol. The van der Waals surface area contributed by atoms with Crippen molar-refractivity contribution in [1.82, 2.24) is 4.98 Å². The summed E-state index contributed by atoms with van der Waals surface area (Å²) in [7, 11) is 0. The Labute approximate surface area is 89.4 Å². The van der Waals surface area contributed by atoms with Gasteiger partial charge in [0.25, 0.3) is 5.82 Å². The van der Waals surface area contributed by atoms with E-state index >= 15 is 0 Å². The van der Waals surface area contributed by atoms with Crippen LogP contribution in [0, 0.1) is 0 Å². The van der Waals surface area contributed by atoms with Crippen LogP contribution in [-0.2, 0) is 0 Å². The largest absolute Gasteiger partial charge is 0.381 e. The lowest BCUT2D eigenvalue weighted by molar-refractivity contribution is -0.701. The van der Waals surface area contributed by atoms with E-state index in [0.29, 0.717) is 6.04 Å². The number of rotatable bonds is 2. The normalized spacial score (nSPS) is 13.7. The van der Waals surface area contributed by atoms with Crippen LogP contribution in [0.15, 0.2) is 24.3 Å². The molecule has 0 saturated carbocycles. The number of para-hydroxylation sites is 2. The number of nitrogens with one attached hydrogen (secondary N) is 1. The van der Waals surface area contributed by atoms with Crippen molar-refractivity contribution >= 4 is 11.0 Å². The summed E-state index contributed by atoms with van der Waals surface area (Å²) in [5.41, 5.74) is 2.21. The van der Waals surface area contributed by atoms with Gasteiger partial charge in [0.1, 0.15) is 0 Å². The second kappa shape index (κ2) is 3.66. The number of aromatic amines is 1. The number of nitrogens with zero attached hydrogens (tertiary/aromatic N) is 1. The highest BCUT2D eigenvalue weighted by Crippen LogP contribution is 2.16. The van der Waals surface area contributed by atoms with E-state index in [-0.39, 0.29) is 0 Å². The molecule has 0 fully saturated rings. The third kappa shape index (κ3) is 1.63. The molecular formula is C12H17N2O+. The summed E-state index contributed by atoms with van der Waals surface area (Å²) in [6, 6.07) is 8.44. The number of fused-ring (bicyclic) bond motifs is 1. The molecule has 15 heavy (non-hydrogen) atoms. The van der Waals surface area contributed by atoms with Crippen molar-refractivity contribution in [1.29, 1.82) is 0 Å². The van der Waals surface area contributed by atoms with E-state index in [1.807, 2.05) is 18.2 Å². The molecule has 1 atom stereocenters. The molecule has 0 aliphatic heterocycles. The Morgan fingerprint density at radius 1 is 1.20 bits per heavy atom. The van der Waals surface area contributed by atoms with Crippen LogP contribution in [-0.4, -0.2) is 10.1 Å². The van der Waals surface area contributed by atoms with Crippen LogP contribution in [0.3, 0.4) is 0 Å². The molecule has 2 rings (SSSR count). The topological polar surface area (TPSA) is 39.9 Å². The molecule has 0 spiro atoms. The van der Waals surface area contributed by atoms with E-state index in [4.69, 9.17) is 0 Å². The Morgan fingerprint density at radius 3 is 2.47 bits per heavy atom. The number of aliphatic hydroxyl groups excluding tert-OH is 1. The zero-order valence-electron chi connectivity index (χ0n) is 9.36. The predicted molar refractivity (Wildman–Crippen MR) is 59.5 cm³/mol. The maximum Gasteiger partial charge on any atom is 0.284 e. The number of H-pyrrole nitrogens is 1. The van der Waals surface area contributed by atoms with Gasteiger partial charge in [-0.25, -0.2) is 9.55 Å². The molecule has 1 aromatic carbocycles. The van der Waals surface area contributed by atoms with Gasteiger partial charge in [0.15, 0.2) is 17.1 Å². The van der Waals surface area contributed by atoms with Gasteiger partial charge >= 0.3 is 0 Å². The van der Waals surface area contributed by atoms with E-state index < -0.39 is 6.10 Å². The molecule has 2 aromatic rings. The average Bonchev–Trinajstić information content (AvgIpc) is 2.56. The standard InChI is InChI=1S/C12H16N2O/c1-8(2)14-11-7-5-4-6-10(11)13-12(14)9(3)15/h4-9,15H,1-3H3/p+1. The lowest BCUT2D eigenvalue weighted by atomic mass is 10.3. The molecule has 80 valence electrons. The minimum Gasteiger partial charge on any atom is -0.381 e. The van der Waals surface area contributed by atoms with Gasteiger partial charge in [-0.2, -0.15) is 0 Å². The Balaban J connectivity index is 2.75. The SMILES string of the molecule is CC(O)c1[nH]c2ccccc2[n+]1C(C)C. The molecule has 1 aromatic heterocycles. The Kier molecular flexibility index (Phi) is 2.49. The second-order valence-corrected chi connectivity index (χ2v) is 4.17. The molecule has 3 nitrogen and oxygen atoms in total. The molecule has 1 unspecified atom stereocenters.